The van der Waals surface area contributed by atoms with E-state index in [0.717, 1.165) is 4.90 Å². The molecule has 0 aromatic heterocycles. The van der Waals surface area contributed by atoms with E-state index in [1.54, 1.807) is 31.2 Å². The molecule has 1 saturated heterocycles. The minimum absolute atomic E-state index is 0.212. The molecule has 1 aliphatic rings. The van der Waals surface area contributed by atoms with Crippen molar-refractivity contribution in [3.63, 3.8) is 0 Å². The zero-order chi connectivity index (χ0) is 22.5. The molecule has 2 aromatic carbocycles. The lowest BCUT2D eigenvalue weighted by atomic mass is 10.1. The number of hydrogen-bond donors (Lipinski definition) is 1. The minimum atomic E-state index is -0.861. The normalized spacial score (nSPS) is 15.0. The van der Waals surface area contributed by atoms with E-state index in [1.807, 2.05) is 0 Å². The van der Waals surface area contributed by atoms with Crippen LogP contribution >= 0.6 is 0 Å². The fraction of sp³-hybridized carbons (Fsp3) is 0.182. The Morgan fingerprint density at radius 3 is 2.55 bits per heavy atom. The number of carbonyl (C=O) groups is 4. The van der Waals surface area contributed by atoms with Gasteiger partial charge in [0.05, 0.1) is 19.4 Å². The molecule has 9 heteroatoms. The molecule has 1 heterocycles. The first kappa shape index (κ1) is 21.6. The van der Waals surface area contributed by atoms with Crippen LogP contribution in [0.15, 0.2) is 48.0 Å². The summed E-state index contributed by atoms with van der Waals surface area (Å²) in [6.07, 6.45) is 1.33. The smallest absolute Gasteiger partial charge is 0.335 e. The summed E-state index contributed by atoms with van der Waals surface area (Å²) in [5, 5.41) is 2.16. The summed E-state index contributed by atoms with van der Waals surface area (Å²) in [5.74, 6) is -1.19. The molecule has 4 amide bonds. The van der Waals surface area contributed by atoms with Gasteiger partial charge in [0.1, 0.15) is 11.3 Å². The number of imide groups is 2. The van der Waals surface area contributed by atoms with Gasteiger partial charge < -0.3 is 14.2 Å². The predicted molar refractivity (Wildman–Crippen MR) is 111 cm³/mol. The Labute approximate surface area is 178 Å². The first-order valence-electron chi connectivity index (χ1n) is 9.34. The van der Waals surface area contributed by atoms with Crippen LogP contribution in [0.3, 0.4) is 0 Å². The number of barbiturate groups is 1. The summed E-state index contributed by atoms with van der Waals surface area (Å²) in [7, 11) is 1.46. The molecule has 1 aliphatic heterocycles. The van der Waals surface area contributed by atoms with Gasteiger partial charge in [-0.05, 0) is 42.8 Å². The van der Waals surface area contributed by atoms with Gasteiger partial charge in [-0.1, -0.05) is 12.1 Å². The summed E-state index contributed by atoms with van der Waals surface area (Å²) in [5.41, 5.74) is 0.448. The van der Waals surface area contributed by atoms with Gasteiger partial charge in [0.25, 0.3) is 11.8 Å². The second-order valence-electron chi connectivity index (χ2n) is 6.39. The molecule has 0 bridgehead atoms. The number of carbonyl (C=O) groups excluding carboxylic acids is 4. The zero-order valence-electron chi connectivity index (χ0n) is 17.1. The summed E-state index contributed by atoms with van der Waals surface area (Å²) in [4.78, 5) is 49.8. The Morgan fingerprint density at radius 2 is 1.87 bits per heavy atom. The number of methoxy groups -OCH3 is 1. The summed E-state index contributed by atoms with van der Waals surface area (Å²) in [6.45, 7) is 3.34. The van der Waals surface area contributed by atoms with E-state index < -0.39 is 23.8 Å². The third-order valence-corrected chi connectivity index (χ3v) is 4.25. The Kier molecular flexibility index (Phi) is 6.35. The number of ether oxygens (including phenoxy) is 3. The Hall–Kier alpha value is -4.14. The summed E-state index contributed by atoms with van der Waals surface area (Å²) < 4.78 is 15.7. The topological polar surface area (TPSA) is 111 Å². The number of nitrogens with zero attached hydrogens (tertiary/aromatic N) is 1. The number of rotatable bonds is 6. The van der Waals surface area contributed by atoms with Gasteiger partial charge in [-0.3, -0.25) is 19.7 Å². The van der Waals surface area contributed by atoms with Crippen molar-refractivity contribution in [2.75, 3.05) is 18.6 Å². The minimum Gasteiger partial charge on any atom is -0.497 e. The Balaban J connectivity index is 1.99. The molecule has 0 radical (unpaired) electrons. The van der Waals surface area contributed by atoms with Crippen LogP contribution in [0, 0.1) is 0 Å². The largest absolute Gasteiger partial charge is 0.497 e. The number of benzene rings is 2. The average Bonchev–Trinajstić information content (AvgIpc) is 2.72. The molecule has 3 rings (SSSR count). The van der Waals surface area contributed by atoms with Crippen LogP contribution in [0.4, 0.5) is 10.5 Å². The number of hydrogen-bond acceptors (Lipinski definition) is 7. The van der Waals surface area contributed by atoms with Crippen molar-refractivity contribution in [3.05, 3.63) is 53.6 Å². The van der Waals surface area contributed by atoms with Crippen molar-refractivity contribution in [2.45, 2.75) is 13.8 Å². The molecule has 0 aliphatic carbocycles. The third-order valence-electron chi connectivity index (χ3n) is 4.25. The van der Waals surface area contributed by atoms with Gasteiger partial charge in [0.15, 0.2) is 11.5 Å². The Morgan fingerprint density at radius 1 is 1.10 bits per heavy atom. The molecular formula is C22H20N2O7. The molecule has 9 nitrogen and oxygen atoms in total. The van der Waals surface area contributed by atoms with Crippen molar-refractivity contribution in [1.82, 2.24) is 5.32 Å². The van der Waals surface area contributed by atoms with Crippen molar-refractivity contribution in [3.8, 4) is 17.2 Å². The number of nitrogens with one attached hydrogen (secondary N) is 1. The first-order valence-corrected chi connectivity index (χ1v) is 9.34. The standard InChI is InChI=1S/C22H20N2O7/c1-4-30-19-11-14(8-9-18(19)31-13(2)25)10-17-20(26)23-22(28)24(21(17)27)15-6-5-7-16(12-15)29-3/h5-12H,4H2,1-3H3,(H,23,26,28)/b17-10-. The van der Waals surface area contributed by atoms with Crippen molar-refractivity contribution < 1.29 is 33.4 Å². The predicted octanol–water partition coefficient (Wildman–Crippen LogP) is 2.69. The van der Waals surface area contributed by atoms with Crippen molar-refractivity contribution in [1.29, 1.82) is 0 Å². The highest BCUT2D eigenvalue weighted by Crippen LogP contribution is 2.30. The lowest BCUT2D eigenvalue weighted by Crippen LogP contribution is -2.54. The van der Waals surface area contributed by atoms with Crippen LogP contribution in [-0.2, 0) is 14.4 Å². The highest BCUT2D eigenvalue weighted by molar-refractivity contribution is 6.39. The molecule has 0 atom stereocenters. The lowest BCUT2D eigenvalue weighted by molar-refractivity contribution is -0.132. The van der Waals surface area contributed by atoms with Crippen LogP contribution in [0.5, 0.6) is 17.2 Å². The second kappa shape index (κ2) is 9.12. The SMILES string of the molecule is CCOc1cc(/C=C2/C(=O)NC(=O)N(c3cccc(OC)c3)C2=O)ccc1OC(C)=O. The Bertz CT molecular complexity index is 1090. The first-order chi connectivity index (χ1) is 14.8. The lowest BCUT2D eigenvalue weighted by Gasteiger charge is -2.26. The fourth-order valence-electron chi connectivity index (χ4n) is 2.93. The van der Waals surface area contributed by atoms with Gasteiger partial charge in [-0.15, -0.1) is 0 Å². The number of esters is 1. The van der Waals surface area contributed by atoms with Crippen LogP contribution in [0.1, 0.15) is 19.4 Å². The molecule has 1 fully saturated rings. The molecule has 160 valence electrons. The molecule has 0 saturated carbocycles. The van der Waals surface area contributed by atoms with E-state index in [0.29, 0.717) is 17.9 Å². The van der Waals surface area contributed by atoms with Crippen molar-refractivity contribution in [2.24, 2.45) is 0 Å². The van der Waals surface area contributed by atoms with Gasteiger partial charge in [-0.2, -0.15) is 0 Å². The molecule has 2 aromatic rings. The van der Waals surface area contributed by atoms with E-state index in [2.05, 4.69) is 5.32 Å². The molecule has 0 unspecified atom stereocenters. The maximum atomic E-state index is 13.0. The van der Waals surface area contributed by atoms with Gasteiger partial charge in [0, 0.05) is 13.0 Å². The van der Waals surface area contributed by atoms with Crippen LogP contribution in [0.25, 0.3) is 6.08 Å². The highest BCUT2D eigenvalue weighted by atomic mass is 16.6. The summed E-state index contributed by atoms with van der Waals surface area (Å²) in [6, 6.07) is 10.1. The molecule has 0 spiro atoms. The average molecular weight is 424 g/mol. The van der Waals surface area contributed by atoms with Gasteiger partial charge in [-0.25, -0.2) is 9.69 Å². The van der Waals surface area contributed by atoms with E-state index in [9.17, 15) is 19.2 Å². The third kappa shape index (κ3) is 4.72. The van der Waals surface area contributed by atoms with E-state index in [1.165, 1.54) is 38.3 Å². The highest BCUT2D eigenvalue weighted by Gasteiger charge is 2.37. The van der Waals surface area contributed by atoms with E-state index >= 15 is 0 Å². The van der Waals surface area contributed by atoms with Crippen LogP contribution < -0.4 is 24.4 Å². The number of amides is 4. The van der Waals surface area contributed by atoms with Gasteiger partial charge >= 0.3 is 12.0 Å². The number of urea groups is 1. The fourth-order valence-corrected chi connectivity index (χ4v) is 2.93. The maximum absolute atomic E-state index is 13.0. The number of anilines is 1. The van der Waals surface area contributed by atoms with Crippen LogP contribution in [-0.4, -0.2) is 37.5 Å². The van der Waals surface area contributed by atoms with E-state index in [-0.39, 0.29) is 22.8 Å². The maximum Gasteiger partial charge on any atom is 0.335 e. The molecule has 1 N–H and O–H groups in total. The second-order valence-corrected chi connectivity index (χ2v) is 6.39. The van der Waals surface area contributed by atoms with Crippen LogP contribution in [0.2, 0.25) is 0 Å². The quantitative estimate of drug-likeness (QED) is 0.328. The van der Waals surface area contributed by atoms with Gasteiger partial charge in [0.2, 0.25) is 0 Å². The monoisotopic (exact) mass is 424 g/mol. The van der Waals surface area contributed by atoms with E-state index in [4.69, 9.17) is 14.2 Å². The zero-order valence-corrected chi connectivity index (χ0v) is 17.1. The summed E-state index contributed by atoms with van der Waals surface area (Å²) >= 11 is 0. The van der Waals surface area contributed by atoms with Crippen molar-refractivity contribution >= 4 is 35.6 Å². The molecular weight excluding hydrogens is 404 g/mol. The molecule has 31 heavy (non-hydrogen) atoms.